The summed E-state index contributed by atoms with van der Waals surface area (Å²) in [5.74, 6) is 0.103. The molecule has 2 aliphatic rings. The van der Waals surface area contributed by atoms with E-state index in [0.29, 0.717) is 19.5 Å². The summed E-state index contributed by atoms with van der Waals surface area (Å²) in [5, 5.41) is 0. The van der Waals surface area contributed by atoms with Crippen LogP contribution in [0, 0.1) is 6.92 Å². The van der Waals surface area contributed by atoms with Crippen molar-refractivity contribution in [3.63, 3.8) is 0 Å². The Bertz CT molecular complexity index is 798. The Kier molecular flexibility index (Phi) is 3.60. The van der Waals surface area contributed by atoms with Gasteiger partial charge >= 0.3 is 0 Å². The lowest BCUT2D eigenvalue weighted by Crippen LogP contribution is -2.61. The van der Waals surface area contributed by atoms with E-state index < -0.39 is 0 Å². The summed E-state index contributed by atoms with van der Waals surface area (Å²) < 4.78 is 0. The Hall–Kier alpha value is -2.62. The molecule has 4 nitrogen and oxygen atoms in total. The van der Waals surface area contributed by atoms with Crippen LogP contribution < -0.4 is 0 Å². The fourth-order valence-electron chi connectivity index (χ4n) is 3.60. The molecule has 0 spiro atoms. The highest BCUT2D eigenvalue weighted by Gasteiger charge is 2.41. The van der Waals surface area contributed by atoms with Crippen LogP contribution >= 0.6 is 0 Å². The Morgan fingerprint density at radius 2 is 1.67 bits per heavy atom. The van der Waals surface area contributed by atoms with E-state index in [2.05, 4.69) is 6.07 Å². The number of piperazine rings is 1. The van der Waals surface area contributed by atoms with Crippen molar-refractivity contribution in [2.45, 2.75) is 32.5 Å². The van der Waals surface area contributed by atoms with Crippen LogP contribution in [0.5, 0.6) is 0 Å². The number of nitrogens with zero attached hydrogens (tertiary/aromatic N) is 2. The quantitative estimate of drug-likeness (QED) is 0.852. The van der Waals surface area contributed by atoms with E-state index in [4.69, 9.17) is 0 Å². The summed E-state index contributed by atoms with van der Waals surface area (Å²) in [6.07, 6.45) is 0.616. The summed E-state index contributed by atoms with van der Waals surface area (Å²) in [7, 11) is 0. The molecule has 2 heterocycles. The summed E-state index contributed by atoms with van der Waals surface area (Å²) in [4.78, 5) is 28.9. The van der Waals surface area contributed by atoms with Crippen LogP contribution in [-0.4, -0.2) is 34.2 Å². The molecule has 0 unspecified atom stereocenters. The number of hydrogen-bond donors (Lipinski definition) is 0. The fourth-order valence-corrected chi connectivity index (χ4v) is 3.60. The summed E-state index contributed by atoms with van der Waals surface area (Å²) in [5.41, 5.74) is 4.58. The Morgan fingerprint density at radius 1 is 0.958 bits per heavy atom. The number of aryl methyl sites for hydroxylation is 1. The van der Waals surface area contributed by atoms with E-state index in [1.165, 1.54) is 11.1 Å². The molecule has 2 aromatic rings. The zero-order chi connectivity index (χ0) is 16.7. The first-order valence-corrected chi connectivity index (χ1v) is 8.32. The van der Waals surface area contributed by atoms with Gasteiger partial charge in [-0.05, 0) is 23.6 Å². The van der Waals surface area contributed by atoms with Crippen molar-refractivity contribution in [3.8, 4) is 0 Å². The molecular formula is C20H20N2O2. The average Bonchev–Trinajstić information content (AvgIpc) is 2.60. The molecular weight excluding hydrogens is 300 g/mol. The van der Waals surface area contributed by atoms with E-state index in [1.807, 2.05) is 49.4 Å². The maximum Gasteiger partial charge on any atom is 0.246 e. The van der Waals surface area contributed by atoms with Gasteiger partial charge in [0.15, 0.2) is 0 Å². The second-order valence-corrected chi connectivity index (χ2v) is 6.69. The SMILES string of the molecule is Cc1ccc(CN2CC(=O)N3Cc4ccccc4C[C@@H]3C2=O)cc1. The normalized spacial score (nSPS) is 20.0. The second-order valence-electron chi connectivity index (χ2n) is 6.69. The predicted molar refractivity (Wildman–Crippen MR) is 91.1 cm³/mol. The molecule has 122 valence electrons. The average molecular weight is 320 g/mol. The largest absolute Gasteiger partial charge is 0.327 e. The predicted octanol–water partition coefficient (Wildman–Crippen LogP) is 2.29. The molecule has 0 aliphatic carbocycles. The molecule has 1 saturated heterocycles. The van der Waals surface area contributed by atoms with E-state index >= 15 is 0 Å². The zero-order valence-corrected chi connectivity index (χ0v) is 13.7. The molecule has 4 rings (SSSR count). The van der Waals surface area contributed by atoms with Crippen molar-refractivity contribution in [1.29, 1.82) is 0 Å². The van der Waals surface area contributed by atoms with Gasteiger partial charge in [-0.2, -0.15) is 0 Å². The maximum absolute atomic E-state index is 12.9. The number of carbonyl (C=O) groups is 2. The van der Waals surface area contributed by atoms with Crippen LogP contribution in [-0.2, 0) is 29.1 Å². The van der Waals surface area contributed by atoms with Crippen molar-refractivity contribution < 1.29 is 9.59 Å². The molecule has 1 fully saturated rings. The lowest BCUT2D eigenvalue weighted by Gasteiger charge is -2.43. The summed E-state index contributed by atoms with van der Waals surface area (Å²) >= 11 is 0. The summed E-state index contributed by atoms with van der Waals surface area (Å²) in [6, 6.07) is 15.8. The van der Waals surface area contributed by atoms with Crippen molar-refractivity contribution in [3.05, 3.63) is 70.8 Å². The molecule has 24 heavy (non-hydrogen) atoms. The molecule has 1 atom stereocenters. The zero-order valence-electron chi connectivity index (χ0n) is 13.7. The van der Waals surface area contributed by atoms with Crippen LogP contribution in [0.2, 0.25) is 0 Å². The maximum atomic E-state index is 12.9. The third-order valence-electron chi connectivity index (χ3n) is 4.99. The highest BCUT2D eigenvalue weighted by atomic mass is 16.2. The molecule has 0 aromatic heterocycles. The van der Waals surface area contributed by atoms with Gasteiger partial charge in [-0.3, -0.25) is 9.59 Å². The van der Waals surface area contributed by atoms with Gasteiger partial charge in [0.2, 0.25) is 11.8 Å². The molecule has 0 bridgehead atoms. The van der Waals surface area contributed by atoms with Crippen LogP contribution in [0.4, 0.5) is 0 Å². The van der Waals surface area contributed by atoms with Crippen molar-refractivity contribution in [2.24, 2.45) is 0 Å². The van der Waals surface area contributed by atoms with Gasteiger partial charge in [0.25, 0.3) is 0 Å². The monoisotopic (exact) mass is 320 g/mol. The van der Waals surface area contributed by atoms with Gasteiger partial charge in [-0.25, -0.2) is 0 Å². The minimum atomic E-state index is -0.355. The lowest BCUT2D eigenvalue weighted by molar-refractivity contribution is -0.157. The molecule has 2 amide bonds. The van der Waals surface area contributed by atoms with Gasteiger partial charge in [0.05, 0.1) is 0 Å². The first kappa shape index (κ1) is 14.9. The molecule has 0 radical (unpaired) electrons. The van der Waals surface area contributed by atoms with Crippen LogP contribution in [0.15, 0.2) is 48.5 Å². The van der Waals surface area contributed by atoms with Crippen LogP contribution in [0.3, 0.4) is 0 Å². The Morgan fingerprint density at radius 3 is 2.42 bits per heavy atom. The number of hydrogen-bond acceptors (Lipinski definition) is 2. The highest BCUT2D eigenvalue weighted by molar-refractivity contribution is 5.95. The molecule has 4 heteroatoms. The highest BCUT2D eigenvalue weighted by Crippen LogP contribution is 2.27. The topological polar surface area (TPSA) is 40.6 Å². The van der Waals surface area contributed by atoms with E-state index in [9.17, 15) is 9.59 Å². The molecule has 2 aliphatic heterocycles. The molecule has 2 aromatic carbocycles. The number of amides is 2. The van der Waals surface area contributed by atoms with Gasteiger partial charge in [0, 0.05) is 19.5 Å². The minimum Gasteiger partial charge on any atom is -0.327 e. The first-order valence-electron chi connectivity index (χ1n) is 8.32. The van der Waals surface area contributed by atoms with Gasteiger partial charge in [-0.1, -0.05) is 54.1 Å². The van der Waals surface area contributed by atoms with Gasteiger partial charge < -0.3 is 9.80 Å². The van der Waals surface area contributed by atoms with E-state index in [1.54, 1.807) is 9.80 Å². The number of rotatable bonds is 2. The fraction of sp³-hybridized carbons (Fsp3) is 0.300. The van der Waals surface area contributed by atoms with Crippen LogP contribution in [0.25, 0.3) is 0 Å². The minimum absolute atomic E-state index is 0.0428. The number of fused-ring (bicyclic) bond motifs is 2. The van der Waals surface area contributed by atoms with Crippen molar-refractivity contribution in [1.82, 2.24) is 9.80 Å². The van der Waals surface area contributed by atoms with Crippen molar-refractivity contribution in [2.75, 3.05) is 6.54 Å². The Labute approximate surface area is 141 Å². The number of benzene rings is 2. The molecule has 0 saturated carbocycles. The summed E-state index contributed by atoms with van der Waals surface area (Å²) in [6.45, 7) is 3.25. The lowest BCUT2D eigenvalue weighted by atomic mass is 9.91. The third-order valence-corrected chi connectivity index (χ3v) is 4.99. The van der Waals surface area contributed by atoms with E-state index in [-0.39, 0.29) is 24.4 Å². The van der Waals surface area contributed by atoms with E-state index in [0.717, 1.165) is 11.1 Å². The first-order chi connectivity index (χ1) is 11.6. The number of carbonyl (C=O) groups excluding carboxylic acids is 2. The second kappa shape index (κ2) is 5.78. The molecule has 0 N–H and O–H groups in total. The van der Waals surface area contributed by atoms with Gasteiger partial charge in [0.1, 0.15) is 12.6 Å². The van der Waals surface area contributed by atoms with Gasteiger partial charge in [-0.15, -0.1) is 0 Å². The Balaban J connectivity index is 1.57. The van der Waals surface area contributed by atoms with Crippen molar-refractivity contribution >= 4 is 11.8 Å². The smallest absolute Gasteiger partial charge is 0.246 e. The standard InChI is InChI=1S/C20H20N2O2/c1-14-6-8-15(9-7-14)11-21-13-19(23)22-12-17-5-3-2-4-16(17)10-18(22)20(21)24/h2-9,18H,10-13H2,1H3/t18-/m1/s1. The van der Waals surface area contributed by atoms with Crippen LogP contribution in [0.1, 0.15) is 22.3 Å². The third kappa shape index (κ3) is 2.58.